The number of fused-ring (bicyclic) bond motifs is 1. The molecule has 4 aromatic rings. The van der Waals surface area contributed by atoms with E-state index in [4.69, 9.17) is 16.6 Å². The zero-order valence-corrected chi connectivity index (χ0v) is 24.7. The molecule has 4 heterocycles. The van der Waals surface area contributed by atoms with Gasteiger partial charge in [0.25, 0.3) is 11.8 Å². The highest BCUT2D eigenvalue weighted by Gasteiger charge is 2.34. The smallest absolute Gasteiger partial charge is 0.261 e. The number of halogens is 1. The maximum Gasteiger partial charge on any atom is 0.261 e. The van der Waals surface area contributed by atoms with Crippen molar-refractivity contribution in [3.63, 3.8) is 0 Å². The maximum absolute atomic E-state index is 12.5. The Morgan fingerprint density at radius 3 is 2.19 bits per heavy atom. The largest absolute Gasteiger partial charge is 0.341 e. The number of unbranched alkanes of at least 4 members (excludes halogenated alkanes) is 3. The van der Waals surface area contributed by atoms with Crippen LogP contribution in [0, 0.1) is 6.92 Å². The highest BCUT2D eigenvalue weighted by atomic mass is 35.5. The first-order valence-electron chi connectivity index (χ1n) is 14.9. The zero-order chi connectivity index (χ0) is 29.1. The fourth-order valence-electron chi connectivity index (χ4n) is 6.14. The van der Waals surface area contributed by atoms with Gasteiger partial charge in [0, 0.05) is 41.0 Å². The molecule has 1 fully saturated rings. The molecule has 216 valence electrons. The number of aromatic amines is 1. The number of aromatic nitrogens is 3. The van der Waals surface area contributed by atoms with Crippen molar-refractivity contribution in [1.29, 1.82) is 0 Å². The van der Waals surface area contributed by atoms with Crippen LogP contribution in [0.5, 0.6) is 0 Å². The van der Waals surface area contributed by atoms with Crippen LogP contribution in [0.15, 0.2) is 67.0 Å². The second-order valence-corrected chi connectivity index (χ2v) is 11.8. The number of piperidine rings is 1. The average molecular weight is 582 g/mol. The summed E-state index contributed by atoms with van der Waals surface area (Å²) < 4.78 is 0. The van der Waals surface area contributed by atoms with E-state index in [1.807, 2.05) is 55.7 Å². The van der Waals surface area contributed by atoms with Crippen molar-refractivity contribution in [3.05, 3.63) is 94.5 Å². The molecule has 0 aliphatic carbocycles. The molecule has 8 heteroatoms. The fourth-order valence-corrected chi connectivity index (χ4v) is 6.26. The van der Waals surface area contributed by atoms with Gasteiger partial charge in [-0.3, -0.25) is 19.5 Å². The van der Waals surface area contributed by atoms with Crippen LogP contribution in [0.25, 0.3) is 22.5 Å². The minimum Gasteiger partial charge on any atom is -0.341 e. The predicted molar refractivity (Wildman–Crippen MR) is 166 cm³/mol. The molecule has 7 nitrogen and oxygen atoms in total. The zero-order valence-electron chi connectivity index (χ0n) is 24.0. The molecule has 0 unspecified atom stereocenters. The summed E-state index contributed by atoms with van der Waals surface area (Å²) in [7, 11) is 0. The molecule has 0 spiro atoms. The number of likely N-dealkylation sites (tertiary alicyclic amines) is 1. The molecular formula is C34H36ClN5O2. The lowest BCUT2D eigenvalue weighted by Crippen LogP contribution is -2.34. The van der Waals surface area contributed by atoms with E-state index in [1.165, 1.54) is 4.90 Å². The number of hydrogen-bond acceptors (Lipinski definition) is 5. The number of carbonyl (C=O) groups excluding carboxylic acids is 2. The van der Waals surface area contributed by atoms with E-state index in [0.717, 1.165) is 97.1 Å². The fraction of sp³-hybridized carbons (Fsp3) is 0.353. The van der Waals surface area contributed by atoms with Crippen molar-refractivity contribution >= 4 is 23.4 Å². The molecule has 42 heavy (non-hydrogen) atoms. The van der Waals surface area contributed by atoms with Gasteiger partial charge >= 0.3 is 0 Å². The van der Waals surface area contributed by atoms with Crippen LogP contribution in [-0.2, 0) is 0 Å². The van der Waals surface area contributed by atoms with E-state index in [9.17, 15) is 9.59 Å². The number of imidazole rings is 1. The molecule has 2 aliphatic heterocycles. The quantitative estimate of drug-likeness (QED) is 0.159. The predicted octanol–water partition coefficient (Wildman–Crippen LogP) is 7.14. The Bertz CT molecular complexity index is 1540. The minimum atomic E-state index is -0.154. The summed E-state index contributed by atoms with van der Waals surface area (Å²) in [5, 5.41) is 0.759. The third-order valence-electron chi connectivity index (χ3n) is 8.58. The number of benzene rings is 2. The van der Waals surface area contributed by atoms with E-state index in [-0.39, 0.29) is 11.8 Å². The lowest BCUT2D eigenvalue weighted by Gasteiger charge is -2.31. The van der Waals surface area contributed by atoms with Crippen LogP contribution < -0.4 is 0 Å². The van der Waals surface area contributed by atoms with Crippen LogP contribution in [0.4, 0.5) is 0 Å². The molecule has 0 atom stereocenters. The normalized spacial score (nSPS) is 15.9. The third-order valence-corrected chi connectivity index (χ3v) is 9.01. The number of carbonyl (C=O) groups is 2. The molecule has 1 saturated heterocycles. The molecule has 2 aliphatic rings. The monoisotopic (exact) mass is 581 g/mol. The van der Waals surface area contributed by atoms with E-state index in [0.29, 0.717) is 23.6 Å². The molecule has 0 bridgehead atoms. The van der Waals surface area contributed by atoms with Crippen molar-refractivity contribution in [2.24, 2.45) is 0 Å². The van der Waals surface area contributed by atoms with Crippen LogP contribution in [0.1, 0.15) is 76.5 Å². The SMILES string of the molecule is Cc1cc(-c2nc(C3CCN(CCCCCCN4C(=O)c5ccccc5C4=O)CC3)[nH]c2-c2ccncc2)ccc1Cl. The van der Waals surface area contributed by atoms with Crippen molar-refractivity contribution in [2.45, 2.75) is 51.4 Å². The minimum absolute atomic E-state index is 0.154. The van der Waals surface area contributed by atoms with Gasteiger partial charge in [-0.25, -0.2) is 4.98 Å². The summed E-state index contributed by atoms with van der Waals surface area (Å²) in [6.45, 7) is 5.71. The van der Waals surface area contributed by atoms with Gasteiger partial charge in [-0.2, -0.15) is 0 Å². The molecule has 2 aromatic carbocycles. The van der Waals surface area contributed by atoms with Crippen molar-refractivity contribution in [1.82, 2.24) is 24.8 Å². The Labute approximate surface area is 251 Å². The molecule has 1 N–H and O–H groups in total. The Kier molecular flexibility index (Phi) is 8.49. The Balaban J connectivity index is 0.990. The molecular weight excluding hydrogens is 546 g/mol. The molecule has 6 rings (SSSR count). The second-order valence-electron chi connectivity index (χ2n) is 11.4. The number of imide groups is 1. The van der Waals surface area contributed by atoms with Gasteiger partial charge in [-0.1, -0.05) is 42.6 Å². The van der Waals surface area contributed by atoms with Crippen LogP contribution in [0.2, 0.25) is 5.02 Å². The summed E-state index contributed by atoms with van der Waals surface area (Å²) in [6.07, 6.45) is 9.86. The van der Waals surface area contributed by atoms with Gasteiger partial charge in [0.05, 0.1) is 22.5 Å². The summed E-state index contributed by atoms with van der Waals surface area (Å²) in [5.74, 6) is 1.14. The van der Waals surface area contributed by atoms with Crippen molar-refractivity contribution in [2.75, 3.05) is 26.2 Å². The maximum atomic E-state index is 12.5. The number of nitrogens with zero attached hydrogens (tertiary/aromatic N) is 4. The van der Waals surface area contributed by atoms with Crippen LogP contribution >= 0.6 is 11.6 Å². The number of hydrogen-bond donors (Lipinski definition) is 1. The first-order chi connectivity index (χ1) is 20.5. The number of nitrogens with one attached hydrogen (secondary N) is 1. The number of H-pyrrole nitrogens is 1. The topological polar surface area (TPSA) is 82.2 Å². The number of amides is 2. The van der Waals surface area contributed by atoms with Gasteiger partial charge in [0.1, 0.15) is 5.82 Å². The van der Waals surface area contributed by atoms with E-state index in [1.54, 1.807) is 12.1 Å². The molecule has 2 aromatic heterocycles. The highest BCUT2D eigenvalue weighted by molar-refractivity contribution is 6.31. The Hall–Kier alpha value is -3.81. The first kappa shape index (κ1) is 28.3. The molecule has 0 radical (unpaired) electrons. The van der Waals surface area contributed by atoms with Crippen LogP contribution in [-0.4, -0.2) is 62.7 Å². The lowest BCUT2D eigenvalue weighted by atomic mass is 9.96. The lowest BCUT2D eigenvalue weighted by molar-refractivity contribution is 0.0651. The van der Waals surface area contributed by atoms with Gasteiger partial charge in [0.15, 0.2) is 0 Å². The first-order valence-corrected chi connectivity index (χ1v) is 15.3. The summed E-state index contributed by atoms with van der Waals surface area (Å²) in [6, 6.07) is 17.2. The third kappa shape index (κ3) is 5.90. The van der Waals surface area contributed by atoms with Gasteiger partial charge in [-0.05, 0) is 94.2 Å². The number of aryl methyl sites for hydroxylation is 1. The average Bonchev–Trinajstić information content (AvgIpc) is 3.57. The van der Waals surface area contributed by atoms with E-state index < -0.39 is 0 Å². The summed E-state index contributed by atoms with van der Waals surface area (Å²) in [5.41, 5.74) is 6.22. The van der Waals surface area contributed by atoms with Crippen molar-refractivity contribution < 1.29 is 9.59 Å². The van der Waals surface area contributed by atoms with Gasteiger partial charge in [-0.15, -0.1) is 0 Å². The van der Waals surface area contributed by atoms with Gasteiger partial charge < -0.3 is 9.88 Å². The Morgan fingerprint density at radius 2 is 1.52 bits per heavy atom. The summed E-state index contributed by atoms with van der Waals surface area (Å²) >= 11 is 6.31. The van der Waals surface area contributed by atoms with E-state index >= 15 is 0 Å². The second kappa shape index (κ2) is 12.6. The highest BCUT2D eigenvalue weighted by Crippen LogP contribution is 2.36. The summed E-state index contributed by atoms with van der Waals surface area (Å²) in [4.78, 5) is 42.0. The standard InChI is InChI=1S/C34H36ClN5O2/c1-23-22-26(10-11-29(23)35)31-30(24-12-16-36-17-13-24)37-32(38-31)25-14-20-39(21-15-25)18-6-2-3-7-19-40-33(41)27-8-4-5-9-28(27)34(40)42/h4-5,8-13,16-17,22,25H,2-3,6-7,14-15,18-21H2,1H3,(H,37,38). The number of rotatable bonds is 10. The van der Waals surface area contributed by atoms with Crippen LogP contribution in [0.3, 0.4) is 0 Å². The molecule has 2 amide bonds. The molecule has 0 saturated carbocycles. The Morgan fingerprint density at radius 1 is 0.857 bits per heavy atom. The number of pyridine rings is 1. The van der Waals surface area contributed by atoms with E-state index in [2.05, 4.69) is 20.9 Å². The van der Waals surface area contributed by atoms with Gasteiger partial charge in [0.2, 0.25) is 0 Å². The van der Waals surface area contributed by atoms with Crippen molar-refractivity contribution in [3.8, 4) is 22.5 Å².